The summed E-state index contributed by atoms with van der Waals surface area (Å²) < 4.78 is 18.1. The van der Waals surface area contributed by atoms with Gasteiger partial charge < -0.3 is 19.3 Å². The molecule has 1 atom stereocenters. The Morgan fingerprint density at radius 3 is 2.68 bits per heavy atom. The lowest BCUT2D eigenvalue weighted by molar-refractivity contribution is 0.0565. The van der Waals surface area contributed by atoms with Gasteiger partial charge in [-0.15, -0.1) is 0 Å². The van der Waals surface area contributed by atoms with E-state index >= 15 is 0 Å². The van der Waals surface area contributed by atoms with Crippen molar-refractivity contribution in [2.24, 2.45) is 0 Å². The Morgan fingerprint density at radius 1 is 1.16 bits per heavy atom. The van der Waals surface area contributed by atoms with Crippen LogP contribution in [0.4, 0.5) is 0 Å². The lowest BCUT2D eigenvalue weighted by Gasteiger charge is -2.32. The molecular weight excluding hydrogens is 388 g/mol. The van der Waals surface area contributed by atoms with Gasteiger partial charge in [-0.1, -0.05) is 31.6 Å². The summed E-state index contributed by atoms with van der Waals surface area (Å²) in [5.74, 6) is 2.52. The second-order valence-electron chi connectivity index (χ2n) is 8.36. The van der Waals surface area contributed by atoms with Crippen LogP contribution in [0.15, 0.2) is 71.2 Å². The van der Waals surface area contributed by atoms with Gasteiger partial charge in [-0.2, -0.15) is 0 Å². The van der Waals surface area contributed by atoms with Gasteiger partial charge in [-0.25, -0.2) is 0 Å². The van der Waals surface area contributed by atoms with Gasteiger partial charge in [0.15, 0.2) is 0 Å². The van der Waals surface area contributed by atoms with E-state index in [1.165, 1.54) is 5.57 Å². The lowest BCUT2D eigenvalue weighted by Crippen LogP contribution is -2.28. The van der Waals surface area contributed by atoms with Crippen molar-refractivity contribution < 1.29 is 19.3 Å². The van der Waals surface area contributed by atoms with Crippen LogP contribution in [0.25, 0.3) is 5.57 Å². The molecule has 1 aromatic carbocycles. The van der Waals surface area contributed by atoms with Crippen LogP contribution >= 0.6 is 0 Å². The predicted octanol–water partition coefficient (Wildman–Crippen LogP) is 6.84. The highest BCUT2D eigenvalue weighted by Gasteiger charge is 2.28. The van der Waals surface area contributed by atoms with E-state index in [1.807, 2.05) is 25.1 Å². The molecule has 0 saturated heterocycles. The third-order valence-corrected chi connectivity index (χ3v) is 5.70. The third-order valence-electron chi connectivity index (χ3n) is 5.70. The molecule has 3 rings (SSSR count). The van der Waals surface area contributed by atoms with Crippen molar-refractivity contribution >= 4 is 5.57 Å². The quantitative estimate of drug-likeness (QED) is 0.564. The zero-order chi connectivity index (χ0) is 22.4. The van der Waals surface area contributed by atoms with E-state index in [2.05, 4.69) is 52.0 Å². The molecule has 4 nitrogen and oxygen atoms in total. The van der Waals surface area contributed by atoms with Crippen LogP contribution < -0.4 is 4.74 Å². The van der Waals surface area contributed by atoms with Gasteiger partial charge in [-0.3, -0.25) is 0 Å². The Balaban J connectivity index is 1.93. The zero-order valence-corrected chi connectivity index (χ0v) is 19.3. The molecule has 0 radical (unpaired) electrons. The second kappa shape index (κ2) is 9.95. The van der Waals surface area contributed by atoms with E-state index in [0.717, 1.165) is 47.5 Å². The van der Waals surface area contributed by atoms with Gasteiger partial charge in [0, 0.05) is 17.2 Å². The summed E-state index contributed by atoms with van der Waals surface area (Å²) >= 11 is 0. The van der Waals surface area contributed by atoms with Crippen molar-refractivity contribution in [2.75, 3.05) is 13.2 Å². The van der Waals surface area contributed by atoms with Gasteiger partial charge in [-0.05, 0) is 70.4 Å². The first-order valence-electron chi connectivity index (χ1n) is 11.1. The van der Waals surface area contributed by atoms with E-state index in [-0.39, 0.29) is 11.4 Å². The Morgan fingerprint density at radius 2 is 1.97 bits per heavy atom. The molecule has 4 heteroatoms. The fourth-order valence-electron chi connectivity index (χ4n) is 3.45. The fourth-order valence-corrected chi connectivity index (χ4v) is 3.45. The summed E-state index contributed by atoms with van der Waals surface area (Å²) in [5.41, 5.74) is 3.51. The highest BCUT2D eigenvalue weighted by atomic mass is 16.5. The number of hydrogen-bond acceptors (Lipinski definition) is 4. The molecule has 2 aliphatic heterocycles. The average Bonchev–Trinajstić information content (AvgIpc) is 2.78. The van der Waals surface area contributed by atoms with Crippen LogP contribution in [0.1, 0.15) is 59.4 Å². The molecule has 0 fully saturated rings. The summed E-state index contributed by atoms with van der Waals surface area (Å²) in [7, 11) is 0. The Bertz CT molecular complexity index is 961. The number of rotatable bonds is 5. The molecule has 0 amide bonds. The Labute approximate surface area is 186 Å². The molecule has 0 aliphatic carbocycles. The highest BCUT2D eigenvalue weighted by Crippen LogP contribution is 2.35. The van der Waals surface area contributed by atoms with Crippen molar-refractivity contribution in [3.63, 3.8) is 0 Å². The maximum Gasteiger partial charge on any atom is 0.127 e. The van der Waals surface area contributed by atoms with E-state index in [4.69, 9.17) is 14.2 Å². The van der Waals surface area contributed by atoms with Crippen molar-refractivity contribution in [1.82, 2.24) is 0 Å². The molecule has 2 aliphatic rings. The number of aromatic hydroxyl groups is 1. The van der Waals surface area contributed by atoms with E-state index < -0.39 is 0 Å². The van der Waals surface area contributed by atoms with Crippen LogP contribution in [-0.4, -0.2) is 23.9 Å². The SMILES string of the molecule is CCCOc1ccc(/C2=C/C=C(\C)C/C=C3/OC(C)(CC)C=C/C3=C(/C)OC2)c(O)c1. The summed E-state index contributed by atoms with van der Waals surface area (Å²) in [4.78, 5) is 0. The average molecular weight is 423 g/mol. The first-order chi connectivity index (χ1) is 14.8. The van der Waals surface area contributed by atoms with Crippen molar-refractivity contribution in [3.05, 3.63) is 76.8 Å². The van der Waals surface area contributed by atoms with Crippen LogP contribution in [0.3, 0.4) is 0 Å². The van der Waals surface area contributed by atoms with Gasteiger partial charge in [0.2, 0.25) is 0 Å². The fraction of sp³-hybridized carbons (Fsp3) is 0.407. The minimum atomic E-state index is -0.301. The number of hydrogen-bond donors (Lipinski definition) is 1. The normalized spacial score (nSPS) is 29.0. The molecule has 1 aromatic rings. The number of phenols is 1. The van der Waals surface area contributed by atoms with Crippen LogP contribution in [0.2, 0.25) is 0 Å². The lowest BCUT2D eigenvalue weighted by atomic mass is 9.96. The van der Waals surface area contributed by atoms with Gasteiger partial charge in [0.1, 0.15) is 35.2 Å². The number of fused-ring (bicyclic) bond motifs is 1. The standard InChI is InChI=1S/C27H34O4/c1-6-16-29-22-11-12-24(25(28)17-22)21-10-8-19(3)9-13-26-23(20(4)30-18-21)14-15-27(5,7-2)31-26/h8,10-15,17,28H,6-7,9,16,18H2,1-5H3/b19-8+,21-10+,23-20+,26-13+. The van der Waals surface area contributed by atoms with Crippen LogP contribution in [-0.2, 0) is 9.47 Å². The van der Waals surface area contributed by atoms with E-state index in [1.54, 1.807) is 6.07 Å². The molecular formula is C27H34O4. The first-order valence-corrected chi connectivity index (χ1v) is 11.1. The van der Waals surface area contributed by atoms with Crippen LogP contribution in [0, 0.1) is 0 Å². The van der Waals surface area contributed by atoms with E-state index in [0.29, 0.717) is 19.0 Å². The van der Waals surface area contributed by atoms with Gasteiger partial charge >= 0.3 is 0 Å². The minimum absolute atomic E-state index is 0.188. The Hall–Kier alpha value is -2.88. The molecule has 1 N–H and O–H groups in total. The molecule has 0 spiro atoms. The zero-order valence-electron chi connectivity index (χ0n) is 19.3. The molecule has 0 saturated carbocycles. The van der Waals surface area contributed by atoms with Gasteiger partial charge in [0.05, 0.1) is 12.2 Å². The number of allylic oxidation sites excluding steroid dienone is 6. The Kier molecular flexibility index (Phi) is 7.32. The van der Waals surface area contributed by atoms with Crippen molar-refractivity contribution in [2.45, 2.75) is 59.5 Å². The maximum absolute atomic E-state index is 10.6. The molecule has 31 heavy (non-hydrogen) atoms. The first kappa shape index (κ1) is 22.8. The molecule has 2 heterocycles. The van der Waals surface area contributed by atoms with Crippen LogP contribution in [0.5, 0.6) is 11.5 Å². The minimum Gasteiger partial charge on any atom is -0.507 e. The van der Waals surface area contributed by atoms with Crippen molar-refractivity contribution in [3.8, 4) is 11.5 Å². The largest absolute Gasteiger partial charge is 0.507 e. The smallest absolute Gasteiger partial charge is 0.127 e. The molecule has 0 aromatic heterocycles. The summed E-state index contributed by atoms with van der Waals surface area (Å²) in [6.45, 7) is 11.3. The summed E-state index contributed by atoms with van der Waals surface area (Å²) in [6, 6.07) is 5.45. The monoisotopic (exact) mass is 422 g/mol. The van der Waals surface area contributed by atoms with E-state index in [9.17, 15) is 5.11 Å². The number of ether oxygens (including phenoxy) is 3. The van der Waals surface area contributed by atoms with Crippen molar-refractivity contribution in [1.29, 1.82) is 0 Å². The molecule has 1 unspecified atom stereocenters. The topological polar surface area (TPSA) is 47.9 Å². The maximum atomic E-state index is 10.6. The molecule has 0 bridgehead atoms. The summed E-state index contributed by atoms with van der Waals surface area (Å²) in [6.07, 6.45) is 13.0. The van der Waals surface area contributed by atoms with Gasteiger partial charge in [0.25, 0.3) is 0 Å². The number of benzene rings is 1. The third kappa shape index (κ3) is 5.63. The highest BCUT2D eigenvalue weighted by molar-refractivity contribution is 5.73. The molecule has 166 valence electrons. The predicted molar refractivity (Wildman–Crippen MR) is 126 cm³/mol. The second-order valence-corrected chi connectivity index (χ2v) is 8.36. The summed E-state index contributed by atoms with van der Waals surface area (Å²) in [5, 5.41) is 10.6. The number of phenolic OH excluding ortho intramolecular Hbond substituents is 1.